The summed E-state index contributed by atoms with van der Waals surface area (Å²) in [6, 6.07) is 5.22. The SMILES string of the molecule is NC1=N[C@](CF)(c2cc(CC(=O)c3ccc(Cl)cn3)cc(F)c2F)[C@@H]2C[C@@H]2S1. The summed E-state index contributed by atoms with van der Waals surface area (Å²) >= 11 is 7.08. The minimum atomic E-state index is -1.55. The quantitative estimate of drug-likeness (QED) is 0.734. The number of alkyl halides is 1. The van der Waals surface area contributed by atoms with E-state index >= 15 is 0 Å². The van der Waals surface area contributed by atoms with Crippen LogP contribution < -0.4 is 5.73 Å². The second-order valence-corrected chi connectivity index (χ2v) is 8.60. The summed E-state index contributed by atoms with van der Waals surface area (Å²) in [4.78, 5) is 20.6. The van der Waals surface area contributed by atoms with Crippen molar-refractivity contribution in [1.29, 1.82) is 0 Å². The van der Waals surface area contributed by atoms with Crippen LogP contribution in [0.2, 0.25) is 5.02 Å². The number of nitrogens with two attached hydrogens (primary N) is 1. The van der Waals surface area contributed by atoms with Gasteiger partial charge in [0, 0.05) is 29.3 Å². The number of amidine groups is 1. The highest BCUT2D eigenvalue weighted by molar-refractivity contribution is 8.14. The van der Waals surface area contributed by atoms with Gasteiger partial charge in [0.2, 0.25) is 0 Å². The third-order valence-corrected chi connectivity index (χ3v) is 6.44. The van der Waals surface area contributed by atoms with Crippen molar-refractivity contribution < 1.29 is 18.0 Å². The van der Waals surface area contributed by atoms with E-state index in [2.05, 4.69) is 9.98 Å². The number of nitrogens with zero attached hydrogens (tertiary/aromatic N) is 2. The molecule has 2 aliphatic rings. The Morgan fingerprint density at radius 3 is 2.82 bits per heavy atom. The third kappa shape index (κ3) is 3.28. The van der Waals surface area contributed by atoms with Gasteiger partial charge in [-0.3, -0.25) is 9.78 Å². The van der Waals surface area contributed by atoms with Gasteiger partial charge in [-0.05, 0) is 36.2 Å². The molecule has 28 heavy (non-hydrogen) atoms. The number of benzene rings is 1. The summed E-state index contributed by atoms with van der Waals surface area (Å²) in [5.41, 5.74) is 4.41. The zero-order chi connectivity index (χ0) is 20.1. The highest BCUT2D eigenvalue weighted by atomic mass is 35.5. The number of carbonyl (C=O) groups is 1. The zero-order valence-corrected chi connectivity index (χ0v) is 16.0. The van der Waals surface area contributed by atoms with Crippen molar-refractivity contribution in [2.24, 2.45) is 16.6 Å². The van der Waals surface area contributed by atoms with Gasteiger partial charge in [-0.25, -0.2) is 18.2 Å². The Morgan fingerprint density at radius 2 is 2.14 bits per heavy atom. The number of halogens is 4. The second kappa shape index (κ2) is 7.08. The van der Waals surface area contributed by atoms with E-state index in [9.17, 15) is 18.0 Å². The molecule has 4 rings (SSSR count). The molecule has 1 aliphatic heterocycles. The standard InChI is InChI=1S/C19H15ClF3N3OS/c20-10-1-2-14(25-7-10)15(27)5-9-3-12(17(23)13(22)4-9)19(8-21)11-6-16(11)28-18(24)26-19/h1-4,7,11,16H,5-6,8H2,(H2,24,26)/t11-,16+,19+/m1/s1. The maximum atomic E-state index is 14.7. The Morgan fingerprint density at radius 1 is 1.36 bits per heavy atom. The molecule has 146 valence electrons. The Kier molecular flexibility index (Phi) is 4.87. The van der Waals surface area contributed by atoms with Crippen LogP contribution in [0.3, 0.4) is 0 Å². The van der Waals surface area contributed by atoms with E-state index in [1.807, 2.05) is 0 Å². The van der Waals surface area contributed by atoms with Crippen LogP contribution in [-0.4, -0.2) is 27.9 Å². The first-order valence-electron chi connectivity index (χ1n) is 8.55. The van der Waals surface area contributed by atoms with Gasteiger partial charge in [0.15, 0.2) is 22.6 Å². The van der Waals surface area contributed by atoms with E-state index in [4.69, 9.17) is 17.3 Å². The molecule has 1 saturated carbocycles. The van der Waals surface area contributed by atoms with Crippen LogP contribution in [-0.2, 0) is 12.0 Å². The molecule has 1 fully saturated rings. The minimum Gasteiger partial charge on any atom is -0.379 e. The first-order chi connectivity index (χ1) is 13.3. The predicted molar refractivity (Wildman–Crippen MR) is 102 cm³/mol. The number of aromatic nitrogens is 1. The van der Waals surface area contributed by atoms with Gasteiger partial charge in [-0.15, -0.1) is 0 Å². The fraction of sp³-hybridized carbons (Fsp3) is 0.316. The number of rotatable bonds is 5. The van der Waals surface area contributed by atoms with Crippen molar-refractivity contribution in [3.05, 3.63) is 63.9 Å². The van der Waals surface area contributed by atoms with Crippen molar-refractivity contribution in [1.82, 2.24) is 4.98 Å². The maximum Gasteiger partial charge on any atom is 0.185 e. The van der Waals surface area contributed by atoms with Gasteiger partial charge in [0.25, 0.3) is 0 Å². The predicted octanol–water partition coefficient (Wildman–Crippen LogP) is 4.05. The lowest BCUT2D eigenvalue weighted by Crippen LogP contribution is -2.37. The minimum absolute atomic E-state index is 0.0410. The fourth-order valence-corrected chi connectivity index (χ4v) is 4.94. The molecule has 3 atom stereocenters. The molecular weight excluding hydrogens is 411 g/mol. The van der Waals surface area contributed by atoms with E-state index in [1.165, 1.54) is 36.2 Å². The monoisotopic (exact) mass is 425 g/mol. The van der Waals surface area contributed by atoms with Gasteiger partial charge >= 0.3 is 0 Å². The average Bonchev–Trinajstić information content (AvgIpc) is 3.44. The lowest BCUT2D eigenvalue weighted by molar-refractivity contribution is 0.0988. The number of fused-ring (bicyclic) bond motifs is 1. The number of hydrogen-bond acceptors (Lipinski definition) is 5. The normalized spacial score (nSPS) is 25.8. The van der Waals surface area contributed by atoms with Crippen molar-refractivity contribution in [2.45, 2.75) is 23.6 Å². The molecule has 0 radical (unpaired) electrons. The van der Waals surface area contributed by atoms with Crippen molar-refractivity contribution in [2.75, 3.05) is 6.67 Å². The van der Waals surface area contributed by atoms with Crippen LogP contribution in [0.25, 0.3) is 0 Å². The number of hydrogen-bond donors (Lipinski definition) is 1. The van der Waals surface area contributed by atoms with Crippen LogP contribution in [0.4, 0.5) is 13.2 Å². The molecule has 1 aromatic heterocycles. The zero-order valence-electron chi connectivity index (χ0n) is 14.5. The van der Waals surface area contributed by atoms with Crippen molar-refractivity contribution >= 4 is 34.3 Å². The number of ketones is 1. The fourth-order valence-electron chi connectivity index (χ4n) is 3.61. The number of Topliss-reactive ketones (excluding diaryl/α,β-unsaturated/α-hetero) is 1. The number of thioether (sulfide) groups is 1. The second-order valence-electron chi connectivity index (χ2n) is 6.91. The molecule has 0 spiro atoms. The maximum absolute atomic E-state index is 14.7. The smallest absolute Gasteiger partial charge is 0.185 e. The molecule has 0 bridgehead atoms. The molecule has 0 amide bonds. The molecule has 2 N–H and O–H groups in total. The molecule has 2 aromatic rings. The lowest BCUT2D eigenvalue weighted by Gasteiger charge is -2.31. The first kappa shape index (κ1) is 19.3. The van der Waals surface area contributed by atoms with Gasteiger partial charge in [0.05, 0.1) is 5.02 Å². The number of aliphatic imine (C=N–C) groups is 1. The van der Waals surface area contributed by atoms with Crippen LogP contribution in [0.1, 0.15) is 28.0 Å². The van der Waals surface area contributed by atoms with Crippen molar-refractivity contribution in [3.63, 3.8) is 0 Å². The molecular formula is C19H15ClF3N3OS. The lowest BCUT2D eigenvalue weighted by atomic mass is 9.84. The molecule has 1 aliphatic carbocycles. The molecule has 0 saturated heterocycles. The van der Waals surface area contributed by atoms with Crippen LogP contribution in [0.5, 0.6) is 0 Å². The Balaban J connectivity index is 1.72. The Hall–Kier alpha value is -2.06. The first-order valence-corrected chi connectivity index (χ1v) is 9.81. The topological polar surface area (TPSA) is 68.3 Å². The summed E-state index contributed by atoms with van der Waals surface area (Å²) in [5, 5.41) is 0.573. The van der Waals surface area contributed by atoms with E-state index in [1.54, 1.807) is 0 Å². The van der Waals surface area contributed by atoms with E-state index in [0.29, 0.717) is 11.4 Å². The van der Waals surface area contributed by atoms with E-state index in [-0.39, 0.29) is 39.6 Å². The summed E-state index contributed by atoms with van der Waals surface area (Å²) in [6.45, 7) is -0.998. The Labute approximate surface area is 168 Å². The highest BCUT2D eigenvalue weighted by Gasteiger charge is 2.58. The molecule has 4 nitrogen and oxygen atoms in total. The molecule has 0 unspecified atom stereocenters. The van der Waals surface area contributed by atoms with Gasteiger partial charge in [-0.2, -0.15) is 0 Å². The van der Waals surface area contributed by atoms with Gasteiger partial charge in [-0.1, -0.05) is 23.4 Å². The van der Waals surface area contributed by atoms with Crippen molar-refractivity contribution in [3.8, 4) is 0 Å². The summed E-state index contributed by atoms with van der Waals surface area (Å²) < 4.78 is 43.1. The Bertz CT molecular complexity index is 985. The largest absolute Gasteiger partial charge is 0.379 e. The van der Waals surface area contributed by atoms with E-state index < -0.39 is 29.6 Å². The molecule has 9 heteroatoms. The molecule has 1 aromatic carbocycles. The third-order valence-electron chi connectivity index (χ3n) is 5.06. The highest BCUT2D eigenvalue weighted by Crippen LogP contribution is 2.58. The van der Waals surface area contributed by atoms with Crippen LogP contribution in [0, 0.1) is 17.6 Å². The number of pyridine rings is 1. The van der Waals surface area contributed by atoms with Crippen LogP contribution in [0.15, 0.2) is 35.5 Å². The van der Waals surface area contributed by atoms with E-state index in [0.717, 1.165) is 6.07 Å². The summed E-state index contributed by atoms with van der Waals surface area (Å²) in [5.74, 6) is -2.96. The molecule has 2 heterocycles. The summed E-state index contributed by atoms with van der Waals surface area (Å²) in [6.07, 6.45) is 1.73. The van der Waals surface area contributed by atoms with Gasteiger partial charge < -0.3 is 5.73 Å². The van der Waals surface area contributed by atoms with Gasteiger partial charge in [0.1, 0.15) is 17.9 Å². The summed E-state index contributed by atoms with van der Waals surface area (Å²) in [7, 11) is 0. The average molecular weight is 426 g/mol. The van der Waals surface area contributed by atoms with Crippen LogP contribution >= 0.6 is 23.4 Å². The number of carbonyl (C=O) groups excluding carboxylic acids is 1.